The average Bonchev–Trinajstić information content (AvgIpc) is 3.49. The molecule has 1 aliphatic heterocycles. The maximum absolute atomic E-state index is 13.8. The molecule has 0 aliphatic carbocycles. The molecule has 36 heavy (non-hydrogen) atoms. The molecule has 3 heterocycles. The number of aromatic nitrogens is 2. The highest BCUT2D eigenvalue weighted by Gasteiger charge is 2.34. The van der Waals surface area contributed by atoms with Crippen LogP contribution in [0.3, 0.4) is 0 Å². The summed E-state index contributed by atoms with van der Waals surface area (Å²) >= 11 is 0. The van der Waals surface area contributed by atoms with Crippen LogP contribution in [0.25, 0.3) is 10.9 Å². The first-order valence-corrected chi connectivity index (χ1v) is 13.8. The number of fused-ring (bicyclic) bond motifs is 1. The molecular weight excluding hydrogens is 480 g/mol. The number of sulfonamides is 1. The number of nitrogens with one attached hydrogen (secondary N) is 3. The third-order valence-electron chi connectivity index (χ3n) is 6.73. The van der Waals surface area contributed by atoms with Crippen molar-refractivity contribution in [2.45, 2.75) is 62.6 Å². The molecule has 194 valence electrons. The van der Waals surface area contributed by atoms with Gasteiger partial charge in [0, 0.05) is 55.9 Å². The fourth-order valence-electron chi connectivity index (χ4n) is 4.88. The summed E-state index contributed by atoms with van der Waals surface area (Å²) in [6, 6.07) is 9.28. The van der Waals surface area contributed by atoms with E-state index in [0.29, 0.717) is 42.8 Å². The highest BCUT2D eigenvalue weighted by Crippen LogP contribution is 2.25. The van der Waals surface area contributed by atoms with Gasteiger partial charge in [-0.1, -0.05) is 6.07 Å². The summed E-state index contributed by atoms with van der Waals surface area (Å²) in [4.78, 5) is 30.1. The molecule has 2 amide bonds. The Morgan fingerprint density at radius 1 is 1.19 bits per heavy atom. The summed E-state index contributed by atoms with van der Waals surface area (Å²) in [5, 5.41) is 3.36. The molecule has 3 aromatic rings. The van der Waals surface area contributed by atoms with E-state index in [1.165, 1.54) is 6.92 Å². The predicted octanol–water partition coefficient (Wildman–Crippen LogP) is 2.20. The lowest BCUT2D eigenvalue weighted by Gasteiger charge is -2.38. The summed E-state index contributed by atoms with van der Waals surface area (Å²) in [5.74, 6) is 0.183. The van der Waals surface area contributed by atoms with Crippen LogP contribution in [-0.4, -0.2) is 59.9 Å². The second-order valence-electron chi connectivity index (χ2n) is 9.24. The molecule has 0 spiro atoms. The molecule has 4 rings (SSSR count). The zero-order valence-electron chi connectivity index (χ0n) is 20.4. The van der Waals surface area contributed by atoms with E-state index in [0.717, 1.165) is 19.3 Å². The summed E-state index contributed by atoms with van der Waals surface area (Å²) in [5.41, 5.74) is 6.71. The number of hydrogen-bond acceptors (Lipinski definition) is 5. The van der Waals surface area contributed by atoms with Crippen LogP contribution in [0.15, 0.2) is 53.7 Å². The van der Waals surface area contributed by atoms with Crippen LogP contribution in [0.1, 0.15) is 39.0 Å². The molecule has 0 saturated carbocycles. The lowest BCUT2D eigenvalue weighted by molar-refractivity contribution is -0.137. The van der Waals surface area contributed by atoms with Crippen LogP contribution in [-0.2, 0) is 26.2 Å². The highest BCUT2D eigenvalue weighted by molar-refractivity contribution is 7.89. The molecule has 10 nitrogen and oxygen atoms in total. The van der Waals surface area contributed by atoms with Crippen molar-refractivity contribution in [1.29, 1.82) is 0 Å². The monoisotopic (exact) mass is 514 g/mol. The van der Waals surface area contributed by atoms with Crippen molar-refractivity contribution < 1.29 is 18.0 Å². The predicted molar refractivity (Wildman–Crippen MR) is 139 cm³/mol. The van der Waals surface area contributed by atoms with Crippen molar-refractivity contribution in [2.24, 2.45) is 0 Å². The third-order valence-corrected chi connectivity index (χ3v) is 8.25. The van der Waals surface area contributed by atoms with E-state index in [-0.39, 0.29) is 29.2 Å². The first-order chi connectivity index (χ1) is 17.3. The van der Waals surface area contributed by atoms with Gasteiger partial charge in [0.2, 0.25) is 21.8 Å². The van der Waals surface area contributed by atoms with E-state index in [1.54, 1.807) is 46.0 Å². The number of likely N-dealkylation sites (tertiary alicyclic amines) is 1. The Hall–Kier alpha value is -3.31. The number of aryl methyl sites for hydroxylation is 1. The maximum atomic E-state index is 13.8. The van der Waals surface area contributed by atoms with Crippen molar-refractivity contribution in [3.8, 4) is 0 Å². The molecule has 1 fully saturated rings. The molecule has 0 bridgehead atoms. The van der Waals surface area contributed by atoms with Gasteiger partial charge in [0.1, 0.15) is 11.9 Å². The van der Waals surface area contributed by atoms with Crippen molar-refractivity contribution in [3.63, 3.8) is 0 Å². The molecule has 2 atom stereocenters. The van der Waals surface area contributed by atoms with Crippen LogP contribution >= 0.6 is 0 Å². The number of nitrogens with zero attached hydrogens (tertiary/aromatic N) is 2. The third kappa shape index (κ3) is 5.90. The van der Waals surface area contributed by atoms with Crippen molar-refractivity contribution >= 4 is 38.6 Å². The fourth-order valence-corrected chi connectivity index (χ4v) is 6.32. The largest absolute Gasteiger partial charge is 0.385 e. The lowest BCUT2D eigenvalue weighted by Crippen LogP contribution is -2.54. The van der Waals surface area contributed by atoms with E-state index >= 15 is 0 Å². The number of nitrogen functional groups attached to an aromatic ring is 1. The van der Waals surface area contributed by atoms with E-state index in [4.69, 9.17) is 5.73 Å². The van der Waals surface area contributed by atoms with Crippen LogP contribution < -0.4 is 15.8 Å². The minimum absolute atomic E-state index is 0.0603. The normalized spacial score (nSPS) is 17.2. The summed E-state index contributed by atoms with van der Waals surface area (Å²) in [6.45, 7) is 2.87. The molecule has 1 saturated heterocycles. The minimum atomic E-state index is -4.00. The van der Waals surface area contributed by atoms with Crippen molar-refractivity contribution in [1.82, 2.24) is 24.5 Å². The Morgan fingerprint density at radius 3 is 2.78 bits per heavy atom. The fraction of sp³-hybridized carbons (Fsp3) is 0.440. The quantitative estimate of drug-likeness (QED) is 0.328. The first kappa shape index (κ1) is 25.8. The number of benzene rings is 1. The standard InChI is InChI=1S/C25H34N6O4S/c1-18(32)27-13-10-19-6-2-3-16-31(19)25(33)22(12-17-30-15-5-9-24(30)26)29-36(34,35)23-8-4-7-21-20(23)11-14-28-21/h4-5,7-9,11,14-15,19,22,28-29H,2-3,6,10,12-13,16-17,26H2,1H3,(H,27,32). The molecule has 5 N–H and O–H groups in total. The number of hydrogen-bond donors (Lipinski definition) is 4. The molecule has 11 heteroatoms. The van der Waals surface area contributed by atoms with E-state index in [9.17, 15) is 18.0 Å². The highest BCUT2D eigenvalue weighted by atomic mass is 32.2. The average molecular weight is 515 g/mol. The number of nitrogens with two attached hydrogens (primary N) is 1. The van der Waals surface area contributed by atoms with Gasteiger partial charge < -0.3 is 25.5 Å². The molecule has 1 aromatic carbocycles. The van der Waals surface area contributed by atoms with Crippen molar-refractivity contribution in [2.75, 3.05) is 18.8 Å². The van der Waals surface area contributed by atoms with Gasteiger partial charge in [-0.25, -0.2) is 8.42 Å². The number of anilines is 1. The van der Waals surface area contributed by atoms with Gasteiger partial charge in [0.05, 0.1) is 4.90 Å². The molecule has 0 radical (unpaired) electrons. The van der Waals surface area contributed by atoms with Gasteiger partial charge >= 0.3 is 0 Å². The zero-order valence-corrected chi connectivity index (χ0v) is 21.3. The number of aromatic amines is 1. The van der Waals surface area contributed by atoms with Crippen LogP contribution in [0.2, 0.25) is 0 Å². The number of piperidine rings is 1. The van der Waals surface area contributed by atoms with Gasteiger partial charge in [0.15, 0.2) is 0 Å². The Labute approximate surface area is 211 Å². The molecule has 2 unspecified atom stereocenters. The van der Waals surface area contributed by atoms with Crippen molar-refractivity contribution in [3.05, 3.63) is 48.8 Å². The summed E-state index contributed by atoms with van der Waals surface area (Å²) < 4.78 is 31.6. The second-order valence-corrected chi connectivity index (χ2v) is 10.9. The molecule has 1 aliphatic rings. The van der Waals surface area contributed by atoms with Crippen LogP contribution in [0.4, 0.5) is 5.82 Å². The van der Waals surface area contributed by atoms with Crippen LogP contribution in [0.5, 0.6) is 0 Å². The topological polar surface area (TPSA) is 142 Å². The van der Waals surface area contributed by atoms with Gasteiger partial charge in [-0.15, -0.1) is 0 Å². The summed E-state index contributed by atoms with van der Waals surface area (Å²) in [6.07, 6.45) is 7.03. The van der Waals surface area contributed by atoms with E-state index in [1.807, 2.05) is 12.3 Å². The van der Waals surface area contributed by atoms with Gasteiger partial charge in [-0.2, -0.15) is 4.72 Å². The number of amides is 2. The molecular formula is C25H34N6O4S. The minimum Gasteiger partial charge on any atom is -0.385 e. The Bertz CT molecular complexity index is 1310. The van der Waals surface area contributed by atoms with Crippen LogP contribution in [0, 0.1) is 0 Å². The van der Waals surface area contributed by atoms with E-state index < -0.39 is 16.1 Å². The van der Waals surface area contributed by atoms with Gasteiger partial charge in [0.25, 0.3) is 0 Å². The lowest BCUT2D eigenvalue weighted by atomic mass is 9.98. The number of rotatable bonds is 10. The first-order valence-electron chi connectivity index (χ1n) is 12.3. The number of carbonyl (C=O) groups is 2. The maximum Gasteiger partial charge on any atom is 0.241 e. The second kappa shape index (κ2) is 11.2. The zero-order chi connectivity index (χ0) is 25.7. The summed E-state index contributed by atoms with van der Waals surface area (Å²) in [7, 11) is -4.00. The van der Waals surface area contributed by atoms with Gasteiger partial charge in [-0.3, -0.25) is 9.59 Å². The molecule has 2 aromatic heterocycles. The Balaban J connectivity index is 1.58. The smallest absolute Gasteiger partial charge is 0.241 e. The Kier molecular flexibility index (Phi) is 8.00. The number of H-pyrrole nitrogens is 1. The van der Waals surface area contributed by atoms with Gasteiger partial charge in [-0.05, 0) is 62.4 Å². The van der Waals surface area contributed by atoms with E-state index in [2.05, 4.69) is 15.0 Å². The Morgan fingerprint density at radius 2 is 2.03 bits per heavy atom. The number of carbonyl (C=O) groups excluding carboxylic acids is 2. The SMILES string of the molecule is CC(=O)NCCC1CCCCN1C(=O)C(CCn1cccc1N)NS(=O)(=O)c1cccc2[nH]ccc12.